The first-order valence-electron chi connectivity index (χ1n) is 8.27. The number of hydrogen-bond donors (Lipinski definition) is 0. The third-order valence-corrected chi connectivity index (χ3v) is 3.96. The van der Waals surface area contributed by atoms with Gasteiger partial charge in [0.15, 0.2) is 0 Å². The Morgan fingerprint density at radius 3 is 2.63 bits per heavy atom. The van der Waals surface area contributed by atoms with Gasteiger partial charge in [-0.2, -0.15) is 4.98 Å². The Balaban J connectivity index is 1.76. The summed E-state index contributed by atoms with van der Waals surface area (Å²) in [6, 6.07) is 15.5. The zero-order valence-corrected chi connectivity index (χ0v) is 14.3. The zero-order chi connectivity index (χ0) is 18.8. The van der Waals surface area contributed by atoms with Crippen LogP contribution < -0.4 is 4.74 Å². The van der Waals surface area contributed by atoms with Crippen molar-refractivity contribution < 1.29 is 14.2 Å². The van der Waals surface area contributed by atoms with Crippen LogP contribution in [0.1, 0.15) is 6.92 Å². The lowest BCUT2D eigenvalue weighted by Gasteiger charge is -2.08. The second kappa shape index (κ2) is 6.83. The number of fused-ring (bicyclic) bond motifs is 1. The van der Waals surface area contributed by atoms with Crippen molar-refractivity contribution >= 4 is 16.6 Å². The van der Waals surface area contributed by atoms with Crippen molar-refractivity contribution in [3.8, 4) is 28.7 Å². The van der Waals surface area contributed by atoms with E-state index in [1.165, 1.54) is 12.1 Å². The predicted octanol–water partition coefficient (Wildman–Crippen LogP) is 4.26. The molecule has 0 aliphatic heterocycles. The van der Waals surface area contributed by atoms with Gasteiger partial charge in [0.05, 0.1) is 22.6 Å². The molecule has 8 nitrogen and oxygen atoms in total. The van der Waals surface area contributed by atoms with E-state index < -0.39 is 4.92 Å². The largest absolute Gasteiger partial charge is 0.477 e. The normalized spacial score (nSPS) is 10.9. The second-order valence-corrected chi connectivity index (χ2v) is 5.69. The molecule has 4 aromatic rings. The molecule has 27 heavy (non-hydrogen) atoms. The summed E-state index contributed by atoms with van der Waals surface area (Å²) in [5.74, 6) is 1.02. The number of para-hydroxylation sites is 1. The first-order valence-corrected chi connectivity index (χ1v) is 8.27. The molecule has 0 bridgehead atoms. The molecule has 0 spiro atoms. The number of nitro groups is 1. The molecule has 0 atom stereocenters. The fraction of sp³-hybridized carbons (Fsp3) is 0.105. The number of ether oxygens (including phenoxy) is 1. The van der Waals surface area contributed by atoms with Crippen molar-refractivity contribution in [2.45, 2.75) is 6.92 Å². The van der Waals surface area contributed by atoms with E-state index in [4.69, 9.17) is 9.26 Å². The van der Waals surface area contributed by atoms with Gasteiger partial charge in [-0.3, -0.25) is 10.1 Å². The van der Waals surface area contributed by atoms with Gasteiger partial charge in [0.25, 0.3) is 11.6 Å². The standard InChI is InChI=1S/C19H14N4O4/c1-2-26-19-15(11-13-5-3-4-6-16(13)20-19)17-21-18(27-22-17)12-7-9-14(10-8-12)23(24)25/h3-11H,2H2,1H3. The maximum Gasteiger partial charge on any atom is 0.269 e. The van der Waals surface area contributed by atoms with E-state index in [0.717, 1.165) is 10.9 Å². The van der Waals surface area contributed by atoms with Crippen molar-refractivity contribution in [2.75, 3.05) is 6.61 Å². The van der Waals surface area contributed by atoms with Gasteiger partial charge in [-0.1, -0.05) is 23.4 Å². The predicted molar refractivity (Wildman–Crippen MR) is 98.3 cm³/mol. The van der Waals surface area contributed by atoms with E-state index in [1.807, 2.05) is 37.3 Å². The molecule has 0 amide bonds. The summed E-state index contributed by atoms with van der Waals surface area (Å²) < 4.78 is 11.0. The summed E-state index contributed by atoms with van der Waals surface area (Å²) in [6.07, 6.45) is 0. The molecule has 134 valence electrons. The van der Waals surface area contributed by atoms with Crippen molar-refractivity contribution in [1.29, 1.82) is 0 Å². The maximum atomic E-state index is 10.8. The topological polar surface area (TPSA) is 104 Å². The molecule has 0 N–H and O–H groups in total. The lowest BCUT2D eigenvalue weighted by atomic mass is 10.1. The molecule has 4 rings (SSSR count). The van der Waals surface area contributed by atoms with Crippen molar-refractivity contribution in [3.63, 3.8) is 0 Å². The minimum Gasteiger partial charge on any atom is -0.477 e. The number of nitro benzene ring substituents is 1. The molecule has 0 saturated carbocycles. The number of rotatable bonds is 5. The van der Waals surface area contributed by atoms with Gasteiger partial charge >= 0.3 is 0 Å². The highest BCUT2D eigenvalue weighted by molar-refractivity contribution is 5.85. The summed E-state index contributed by atoms with van der Waals surface area (Å²) in [5, 5.41) is 15.7. The van der Waals surface area contributed by atoms with Crippen LogP contribution >= 0.6 is 0 Å². The highest BCUT2D eigenvalue weighted by Gasteiger charge is 2.17. The minimum absolute atomic E-state index is 0.00384. The Labute approximate surface area is 153 Å². The first kappa shape index (κ1) is 16.6. The summed E-state index contributed by atoms with van der Waals surface area (Å²) in [5.41, 5.74) is 2.01. The van der Waals surface area contributed by atoms with Gasteiger partial charge < -0.3 is 9.26 Å². The summed E-state index contributed by atoms with van der Waals surface area (Å²) in [6.45, 7) is 2.32. The third kappa shape index (κ3) is 3.20. The van der Waals surface area contributed by atoms with Crippen LogP contribution in [-0.4, -0.2) is 26.7 Å². The van der Waals surface area contributed by atoms with E-state index in [0.29, 0.717) is 29.4 Å². The molecule has 2 aromatic carbocycles. The smallest absolute Gasteiger partial charge is 0.269 e. The number of non-ortho nitro benzene ring substituents is 1. The van der Waals surface area contributed by atoms with Crippen LogP contribution in [0, 0.1) is 10.1 Å². The Morgan fingerprint density at radius 2 is 1.89 bits per heavy atom. The van der Waals surface area contributed by atoms with Gasteiger partial charge in [0, 0.05) is 23.1 Å². The fourth-order valence-electron chi connectivity index (χ4n) is 2.68. The Bertz CT molecular complexity index is 1120. The van der Waals surface area contributed by atoms with E-state index in [2.05, 4.69) is 15.1 Å². The van der Waals surface area contributed by atoms with Crippen LogP contribution in [-0.2, 0) is 0 Å². The van der Waals surface area contributed by atoms with E-state index in [-0.39, 0.29) is 11.6 Å². The highest BCUT2D eigenvalue weighted by Crippen LogP contribution is 2.31. The zero-order valence-electron chi connectivity index (χ0n) is 14.3. The highest BCUT2D eigenvalue weighted by atomic mass is 16.6. The van der Waals surface area contributed by atoms with Crippen LogP contribution in [0.5, 0.6) is 5.88 Å². The number of benzene rings is 2. The van der Waals surface area contributed by atoms with E-state index in [1.54, 1.807) is 12.1 Å². The molecule has 8 heteroatoms. The molecule has 0 radical (unpaired) electrons. The van der Waals surface area contributed by atoms with Gasteiger partial charge in [-0.05, 0) is 31.2 Å². The van der Waals surface area contributed by atoms with Gasteiger partial charge in [0.2, 0.25) is 11.7 Å². The van der Waals surface area contributed by atoms with Crippen molar-refractivity contribution in [1.82, 2.24) is 15.1 Å². The van der Waals surface area contributed by atoms with E-state index in [9.17, 15) is 10.1 Å². The van der Waals surface area contributed by atoms with Gasteiger partial charge in [0.1, 0.15) is 0 Å². The van der Waals surface area contributed by atoms with Gasteiger partial charge in [-0.15, -0.1) is 0 Å². The first-order chi connectivity index (χ1) is 13.2. The molecule has 0 aliphatic rings. The molecular formula is C19H14N4O4. The fourth-order valence-corrected chi connectivity index (χ4v) is 2.68. The Kier molecular flexibility index (Phi) is 4.21. The lowest BCUT2D eigenvalue weighted by molar-refractivity contribution is -0.384. The average molecular weight is 362 g/mol. The van der Waals surface area contributed by atoms with Gasteiger partial charge in [-0.25, -0.2) is 4.98 Å². The van der Waals surface area contributed by atoms with E-state index >= 15 is 0 Å². The molecule has 2 aromatic heterocycles. The lowest BCUT2D eigenvalue weighted by Crippen LogP contribution is -1.98. The maximum absolute atomic E-state index is 10.8. The van der Waals surface area contributed by atoms with Crippen LogP contribution in [0.25, 0.3) is 33.7 Å². The second-order valence-electron chi connectivity index (χ2n) is 5.69. The SMILES string of the molecule is CCOc1nc2ccccc2cc1-c1noc(-c2ccc([N+](=O)[O-])cc2)n1. The molecule has 0 aliphatic carbocycles. The van der Waals surface area contributed by atoms with Crippen LogP contribution in [0.2, 0.25) is 0 Å². The Hall–Kier alpha value is -3.81. The average Bonchev–Trinajstić information content (AvgIpc) is 3.18. The van der Waals surface area contributed by atoms with Crippen molar-refractivity contribution in [3.05, 3.63) is 64.7 Å². The number of pyridine rings is 1. The molecule has 0 fully saturated rings. The summed E-state index contributed by atoms with van der Waals surface area (Å²) in [7, 11) is 0. The minimum atomic E-state index is -0.460. The van der Waals surface area contributed by atoms with Crippen LogP contribution in [0.3, 0.4) is 0 Å². The quantitative estimate of drug-likeness (QED) is 0.386. The summed E-state index contributed by atoms with van der Waals surface area (Å²) in [4.78, 5) is 19.3. The number of hydrogen-bond acceptors (Lipinski definition) is 7. The van der Waals surface area contributed by atoms with Crippen LogP contribution in [0.4, 0.5) is 5.69 Å². The number of aromatic nitrogens is 3. The molecular weight excluding hydrogens is 348 g/mol. The molecule has 0 unspecified atom stereocenters. The van der Waals surface area contributed by atoms with Crippen LogP contribution in [0.15, 0.2) is 59.1 Å². The monoisotopic (exact) mass is 362 g/mol. The van der Waals surface area contributed by atoms with Crippen molar-refractivity contribution in [2.24, 2.45) is 0 Å². The molecule has 0 saturated heterocycles. The number of nitrogens with zero attached hydrogens (tertiary/aromatic N) is 4. The summed E-state index contributed by atoms with van der Waals surface area (Å²) >= 11 is 0. The Morgan fingerprint density at radius 1 is 1.11 bits per heavy atom. The third-order valence-electron chi connectivity index (χ3n) is 3.96. The molecule has 2 heterocycles.